The number of hydrogen-bond donors (Lipinski definition) is 2. The molecule has 2 aromatic rings. The maximum Gasteiger partial charge on any atom is 0.276 e. The van der Waals surface area contributed by atoms with Gasteiger partial charge in [0.15, 0.2) is 0 Å². The van der Waals surface area contributed by atoms with Crippen LogP contribution in [-0.4, -0.2) is 9.91 Å². The average molecular weight is 299 g/mol. The molecule has 3 N–H and O–H groups in total. The third-order valence-electron chi connectivity index (χ3n) is 2.23. The smallest absolute Gasteiger partial charge is 0.276 e. The first-order valence-electron chi connectivity index (χ1n) is 5.10. The van der Waals surface area contributed by atoms with Crippen LogP contribution >= 0.6 is 23.2 Å². The van der Waals surface area contributed by atoms with Crippen LogP contribution in [-0.2, 0) is 0 Å². The summed E-state index contributed by atoms with van der Waals surface area (Å²) in [4.78, 5) is 14.1. The molecular formula is C11H8Cl2N4O2. The van der Waals surface area contributed by atoms with Crippen LogP contribution in [0.3, 0.4) is 0 Å². The van der Waals surface area contributed by atoms with Gasteiger partial charge in [-0.3, -0.25) is 10.1 Å². The van der Waals surface area contributed by atoms with E-state index in [-0.39, 0.29) is 17.3 Å². The van der Waals surface area contributed by atoms with Crippen molar-refractivity contribution >= 4 is 46.2 Å². The first kappa shape index (κ1) is 13.4. The number of pyridine rings is 1. The third-order valence-corrected chi connectivity index (χ3v) is 2.78. The van der Waals surface area contributed by atoms with Gasteiger partial charge < -0.3 is 11.1 Å². The Morgan fingerprint density at radius 2 is 2.00 bits per heavy atom. The maximum absolute atomic E-state index is 10.7. The second-order valence-corrected chi connectivity index (χ2v) is 4.49. The van der Waals surface area contributed by atoms with E-state index in [1.54, 1.807) is 18.2 Å². The van der Waals surface area contributed by atoms with Gasteiger partial charge in [-0.2, -0.15) is 0 Å². The third kappa shape index (κ3) is 3.24. The van der Waals surface area contributed by atoms with E-state index in [1.165, 1.54) is 12.1 Å². The number of hydrogen-bond acceptors (Lipinski definition) is 5. The van der Waals surface area contributed by atoms with Gasteiger partial charge in [-0.25, -0.2) is 4.98 Å². The molecule has 0 amide bonds. The fourth-order valence-corrected chi connectivity index (χ4v) is 1.89. The number of nitrogens with zero attached hydrogens (tertiary/aromatic N) is 2. The molecule has 0 atom stereocenters. The zero-order chi connectivity index (χ0) is 14.0. The topological polar surface area (TPSA) is 94.1 Å². The molecule has 0 unspecified atom stereocenters. The van der Waals surface area contributed by atoms with Crippen molar-refractivity contribution in [2.24, 2.45) is 0 Å². The minimum absolute atomic E-state index is 0.0433. The summed E-state index contributed by atoms with van der Waals surface area (Å²) >= 11 is 11.8. The van der Waals surface area contributed by atoms with Crippen molar-refractivity contribution in [2.75, 3.05) is 11.1 Å². The van der Waals surface area contributed by atoms with Gasteiger partial charge in [-0.1, -0.05) is 23.2 Å². The van der Waals surface area contributed by atoms with Crippen molar-refractivity contribution in [3.05, 3.63) is 50.5 Å². The highest BCUT2D eigenvalue weighted by Gasteiger charge is 2.11. The summed E-state index contributed by atoms with van der Waals surface area (Å²) in [5, 5.41) is 14.4. The lowest BCUT2D eigenvalue weighted by atomic mass is 10.3. The molecule has 0 fully saturated rings. The minimum atomic E-state index is -0.549. The molecule has 0 saturated heterocycles. The van der Waals surface area contributed by atoms with E-state index in [1.807, 2.05) is 0 Å². The van der Waals surface area contributed by atoms with Crippen LogP contribution in [0, 0.1) is 10.1 Å². The van der Waals surface area contributed by atoms with Gasteiger partial charge in [0.2, 0.25) is 0 Å². The molecular weight excluding hydrogens is 291 g/mol. The predicted molar refractivity (Wildman–Crippen MR) is 75.0 cm³/mol. The van der Waals surface area contributed by atoms with Crippen molar-refractivity contribution in [3.63, 3.8) is 0 Å². The highest BCUT2D eigenvalue weighted by molar-refractivity contribution is 6.36. The molecule has 0 aliphatic carbocycles. The van der Waals surface area contributed by atoms with Crippen LogP contribution < -0.4 is 11.1 Å². The molecule has 1 heterocycles. The first-order chi connectivity index (χ1) is 8.95. The zero-order valence-corrected chi connectivity index (χ0v) is 10.9. The van der Waals surface area contributed by atoms with Crippen LogP contribution in [0.1, 0.15) is 0 Å². The summed E-state index contributed by atoms with van der Waals surface area (Å²) in [6.07, 6.45) is 0. The number of rotatable bonds is 3. The lowest BCUT2D eigenvalue weighted by Gasteiger charge is -2.08. The maximum atomic E-state index is 10.7. The minimum Gasteiger partial charge on any atom is -0.383 e. The number of halogens is 2. The van der Waals surface area contributed by atoms with Gasteiger partial charge in [0, 0.05) is 5.02 Å². The number of anilines is 3. The molecule has 0 aliphatic rings. The normalized spacial score (nSPS) is 10.2. The summed E-state index contributed by atoms with van der Waals surface area (Å²) in [5.74, 6) is 0.276. The molecule has 0 bridgehead atoms. The van der Waals surface area contributed by atoms with Gasteiger partial charge in [0.25, 0.3) is 5.69 Å². The Hall–Kier alpha value is -2.05. The molecule has 1 aromatic carbocycles. The predicted octanol–water partition coefficient (Wildman–Crippen LogP) is 3.62. The van der Waals surface area contributed by atoms with Crippen LogP contribution in [0.4, 0.5) is 23.0 Å². The molecule has 19 heavy (non-hydrogen) atoms. The Morgan fingerprint density at radius 3 is 2.63 bits per heavy atom. The van der Waals surface area contributed by atoms with E-state index < -0.39 is 4.92 Å². The summed E-state index contributed by atoms with van der Waals surface area (Å²) in [7, 11) is 0. The molecule has 0 saturated carbocycles. The first-order valence-corrected chi connectivity index (χ1v) is 5.85. The SMILES string of the molecule is Nc1cc([N+](=O)[O-])cc(Nc2ccc(Cl)cc2Cl)n1. The lowest BCUT2D eigenvalue weighted by molar-refractivity contribution is -0.384. The number of nitrogen functional groups attached to an aromatic ring is 1. The zero-order valence-electron chi connectivity index (χ0n) is 9.43. The van der Waals surface area contributed by atoms with Crippen molar-refractivity contribution in [3.8, 4) is 0 Å². The molecule has 2 rings (SSSR count). The monoisotopic (exact) mass is 298 g/mol. The molecule has 8 heteroatoms. The van der Waals surface area contributed by atoms with Crippen molar-refractivity contribution in [1.29, 1.82) is 0 Å². The highest BCUT2D eigenvalue weighted by atomic mass is 35.5. The Morgan fingerprint density at radius 1 is 1.26 bits per heavy atom. The Bertz CT molecular complexity index is 649. The number of nitro groups is 1. The second-order valence-electron chi connectivity index (χ2n) is 3.64. The highest BCUT2D eigenvalue weighted by Crippen LogP contribution is 2.29. The van der Waals surface area contributed by atoms with Crippen LogP contribution in [0.25, 0.3) is 0 Å². The van der Waals surface area contributed by atoms with E-state index >= 15 is 0 Å². The van der Waals surface area contributed by atoms with E-state index in [2.05, 4.69) is 10.3 Å². The quantitative estimate of drug-likeness (QED) is 0.666. The summed E-state index contributed by atoms with van der Waals surface area (Å²) < 4.78 is 0. The molecule has 6 nitrogen and oxygen atoms in total. The van der Waals surface area contributed by atoms with Gasteiger partial charge in [-0.15, -0.1) is 0 Å². The number of aromatic nitrogens is 1. The second kappa shape index (κ2) is 5.29. The van der Waals surface area contributed by atoms with Crippen molar-refractivity contribution in [1.82, 2.24) is 4.98 Å². The number of benzene rings is 1. The average Bonchev–Trinajstić information content (AvgIpc) is 2.32. The molecule has 98 valence electrons. The Kier molecular flexibility index (Phi) is 3.73. The van der Waals surface area contributed by atoms with Gasteiger partial charge >= 0.3 is 0 Å². The molecule has 1 aromatic heterocycles. The van der Waals surface area contributed by atoms with E-state index in [9.17, 15) is 10.1 Å². The van der Waals surface area contributed by atoms with Crippen molar-refractivity contribution in [2.45, 2.75) is 0 Å². The van der Waals surface area contributed by atoms with E-state index in [4.69, 9.17) is 28.9 Å². The van der Waals surface area contributed by atoms with E-state index in [0.717, 1.165) is 0 Å². The lowest BCUT2D eigenvalue weighted by Crippen LogP contribution is -2.00. The number of nitrogens with one attached hydrogen (secondary N) is 1. The Labute approximate surface area is 118 Å². The van der Waals surface area contributed by atoms with Gasteiger partial charge in [-0.05, 0) is 18.2 Å². The van der Waals surface area contributed by atoms with E-state index in [0.29, 0.717) is 15.7 Å². The molecule has 0 radical (unpaired) electrons. The number of nitrogens with two attached hydrogens (primary N) is 1. The molecule has 0 aliphatic heterocycles. The van der Waals surface area contributed by atoms with Gasteiger partial charge in [0.05, 0.1) is 27.8 Å². The largest absolute Gasteiger partial charge is 0.383 e. The summed E-state index contributed by atoms with van der Waals surface area (Å²) in [6.45, 7) is 0. The summed E-state index contributed by atoms with van der Waals surface area (Å²) in [5.41, 5.74) is 5.88. The standard InChI is InChI=1S/C11H8Cl2N4O2/c12-6-1-2-9(8(13)3-6)15-11-5-7(17(18)19)4-10(14)16-11/h1-5H,(H3,14,15,16). The van der Waals surface area contributed by atoms with Crippen LogP contribution in [0.5, 0.6) is 0 Å². The van der Waals surface area contributed by atoms with Crippen LogP contribution in [0.15, 0.2) is 30.3 Å². The molecule has 0 spiro atoms. The fourth-order valence-electron chi connectivity index (χ4n) is 1.44. The summed E-state index contributed by atoms with van der Waals surface area (Å²) in [6, 6.07) is 7.26. The van der Waals surface area contributed by atoms with Gasteiger partial charge in [0.1, 0.15) is 11.6 Å². The fraction of sp³-hybridized carbons (Fsp3) is 0. The van der Waals surface area contributed by atoms with Crippen molar-refractivity contribution < 1.29 is 4.92 Å². The van der Waals surface area contributed by atoms with Crippen LogP contribution in [0.2, 0.25) is 10.0 Å². The Balaban J connectivity index is 2.35.